The first-order valence-electron chi connectivity index (χ1n) is 8.80. The molecule has 6 heteroatoms. The first-order valence-corrected chi connectivity index (χ1v) is 8.80. The lowest BCUT2D eigenvalue weighted by molar-refractivity contribution is -0.141. The van der Waals surface area contributed by atoms with Gasteiger partial charge < -0.3 is 14.8 Å². The summed E-state index contributed by atoms with van der Waals surface area (Å²) in [5.41, 5.74) is 4.46. The van der Waals surface area contributed by atoms with Crippen LogP contribution in [0.4, 0.5) is 4.39 Å². The van der Waals surface area contributed by atoms with E-state index in [9.17, 15) is 9.18 Å². The van der Waals surface area contributed by atoms with E-state index in [2.05, 4.69) is 9.97 Å². The van der Waals surface area contributed by atoms with Crippen molar-refractivity contribution in [2.24, 2.45) is 5.92 Å². The number of carboxylic acids is 1. The molecule has 5 nitrogen and oxygen atoms in total. The Kier molecular flexibility index (Phi) is 4.39. The van der Waals surface area contributed by atoms with E-state index in [1.807, 2.05) is 18.2 Å². The summed E-state index contributed by atoms with van der Waals surface area (Å²) in [4.78, 5) is 18.9. The fraction of sp³-hybridized carbons (Fsp3) is 0.238. The zero-order valence-corrected chi connectivity index (χ0v) is 14.8. The number of carbonyl (C=O) groups is 1. The van der Waals surface area contributed by atoms with Crippen molar-refractivity contribution in [3.05, 3.63) is 54.1 Å². The molecule has 1 unspecified atom stereocenters. The molecule has 0 amide bonds. The van der Waals surface area contributed by atoms with Crippen molar-refractivity contribution in [1.82, 2.24) is 9.97 Å². The molecule has 138 valence electrons. The van der Waals surface area contributed by atoms with Crippen LogP contribution in [-0.4, -0.2) is 28.2 Å². The van der Waals surface area contributed by atoms with Gasteiger partial charge in [-0.15, -0.1) is 0 Å². The van der Waals surface area contributed by atoms with Crippen molar-refractivity contribution >= 4 is 22.6 Å². The van der Waals surface area contributed by atoms with Gasteiger partial charge in [0.2, 0.25) is 0 Å². The average molecular weight is 366 g/mol. The Balaban J connectivity index is 1.77. The van der Waals surface area contributed by atoms with E-state index in [0.29, 0.717) is 25.0 Å². The summed E-state index contributed by atoms with van der Waals surface area (Å²) in [6.45, 7) is 0. The van der Waals surface area contributed by atoms with Gasteiger partial charge in [-0.3, -0.25) is 4.79 Å². The van der Waals surface area contributed by atoms with E-state index in [1.54, 1.807) is 12.3 Å². The van der Waals surface area contributed by atoms with Crippen molar-refractivity contribution in [2.45, 2.75) is 19.3 Å². The second kappa shape index (κ2) is 6.87. The van der Waals surface area contributed by atoms with Crippen molar-refractivity contribution < 1.29 is 19.0 Å². The second-order valence-electron chi connectivity index (χ2n) is 6.69. The maximum Gasteiger partial charge on any atom is 0.306 e. The van der Waals surface area contributed by atoms with Crippen LogP contribution < -0.4 is 4.74 Å². The Morgan fingerprint density at radius 1 is 1.30 bits per heavy atom. The summed E-state index contributed by atoms with van der Waals surface area (Å²) in [5, 5.41) is 10.1. The van der Waals surface area contributed by atoms with Crippen LogP contribution in [-0.2, 0) is 4.79 Å². The highest BCUT2D eigenvalue weighted by molar-refractivity contribution is 5.96. The number of H-pyrrole nitrogens is 1. The number of fused-ring (bicyclic) bond motifs is 1. The highest BCUT2D eigenvalue weighted by Gasteiger charge is 2.22. The summed E-state index contributed by atoms with van der Waals surface area (Å²) >= 11 is 0. The lowest BCUT2D eigenvalue weighted by Crippen LogP contribution is -2.15. The summed E-state index contributed by atoms with van der Waals surface area (Å²) in [6.07, 6.45) is 5.56. The van der Waals surface area contributed by atoms with Gasteiger partial charge in [0.05, 0.1) is 13.0 Å². The van der Waals surface area contributed by atoms with Gasteiger partial charge in [-0.05, 0) is 54.7 Å². The van der Waals surface area contributed by atoms with Crippen LogP contribution in [0, 0.1) is 11.7 Å². The maximum atomic E-state index is 13.6. The lowest BCUT2D eigenvalue weighted by Gasteiger charge is -2.17. The highest BCUT2D eigenvalue weighted by atomic mass is 19.1. The third-order valence-corrected chi connectivity index (χ3v) is 5.09. The zero-order chi connectivity index (χ0) is 19.0. The monoisotopic (exact) mass is 366 g/mol. The molecule has 1 aromatic carbocycles. The Morgan fingerprint density at radius 3 is 2.85 bits per heavy atom. The number of halogens is 1. The summed E-state index contributed by atoms with van der Waals surface area (Å²) in [7, 11) is 1.52. The Morgan fingerprint density at radius 2 is 2.15 bits per heavy atom. The first-order chi connectivity index (χ1) is 13.1. The topological polar surface area (TPSA) is 75.2 Å². The lowest BCUT2D eigenvalue weighted by atomic mass is 9.88. The molecule has 4 rings (SSSR count). The number of pyridine rings is 1. The molecule has 0 saturated heterocycles. The van der Waals surface area contributed by atoms with Gasteiger partial charge in [-0.2, -0.15) is 0 Å². The van der Waals surface area contributed by atoms with Crippen LogP contribution in [0.2, 0.25) is 0 Å². The molecule has 0 bridgehead atoms. The van der Waals surface area contributed by atoms with Crippen LogP contribution in [0.25, 0.3) is 27.7 Å². The van der Waals surface area contributed by atoms with Gasteiger partial charge in [0, 0.05) is 28.9 Å². The average Bonchev–Trinajstić information content (AvgIpc) is 3.12. The molecule has 2 heterocycles. The molecule has 0 radical (unpaired) electrons. The number of rotatable bonds is 4. The minimum atomic E-state index is -0.741. The molecule has 3 aromatic rings. The fourth-order valence-corrected chi connectivity index (χ4v) is 3.63. The molecular formula is C21H19FN2O3. The number of aromatic amines is 1. The number of nitrogens with one attached hydrogen (secondary N) is 1. The van der Waals surface area contributed by atoms with E-state index >= 15 is 0 Å². The minimum absolute atomic E-state index is 0.310. The molecule has 0 spiro atoms. The summed E-state index contributed by atoms with van der Waals surface area (Å²) in [6, 6.07) is 8.38. The quantitative estimate of drug-likeness (QED) is 0.705. The Labute approximate surface area is 155 Å². The van der Waals surface area contributed by atoms with Gasteiger partial charge in [-0.1, -0.05) is 6.08 Å². The normalized spacial score (nSPS) is 17.0. The number of carboxylic acid groups (broad SMARTS) is 1. The molecular weight excluding hydrogens is 347 g/mol. The van der Waals surface area contributed by atoms with Gasteiger partial charge in [0.1, 0.15) is 17.2 Å². The SMILES string of the molecule is COc1cc(F)ccc1-c1ccnc2[nH]c(C3=CCC(C(=O)O)CC3)cc12. The molecule has 1 aliphatic rings. The standard InChI is InChI=1S/C21H19FN2O3/c1-27-19-10-14(22)6-7-16(19)15-8-9-23-20-17(15)11-18(24-20)12-2-4-13(5-3-12)21(25)26/h2,6-11,13H,3-5H2,1H3,(H,23,24)(H,25,26). The smallest absolute Gasteiger partial charge is 0.306 e. The molecule has 1 aliphatic carbocycles. The van der Waals surface area contributed by atoms with E-state index in [0.717, 1.165) is 33.4 Å². The van der Waals surface area contributed by atoms with Crippen LogP contribution in [0.15, 0.2) is 42.6 Å². The number of methoxy groups -OCH3 is 1. The Hall–Kier alpha value is -3.15. The number of benzene rings is 1. The second-order valence-corrected chi connectivity index (χ2v) is 6.69. The van der Waals surface area contributed by atoms with Crippen LogP contribution in [0.5, 0.6) is 5.75 Å². The van der Waals surface area contributed by atoms with E-state index in [1.165, 1.54) is 19.2 Å². The molecule has 0 fully saturated rings. The predicted molar refractivity (Wildman–Crippen MR) is 101 cm³/mol. The maximum absolute atomic E-state index is 13.6. The third kappa shape index (κ3) is 3.18. The van der Waals surface area contributed by atoms with Crippen molar-refractivity contribution in [3.63, 3.8) is 0 Å². The third-order valence-electron chi connectivity index (χ3n) is 5.09. The predicted octanol–water partition coefficient (Wildman–Crippen LogP) is 4.65. The zero-order valence-electron chi connectivity index (χ0n) is 14.8. The molecule has 2 N–H and O–H groups in total. The number of ether oxygens (including phenoxy) is 1. The largest absolute Gasteiger partial charge is 0.496 e. The number of hydrogen-bond acceptors (Lipinski definition) is 3. The number of hydrogen-bond donors (Lipinski definition) is 2. The summed E-state index contributed by atoms with van der Waals surface area (Å²) in [5.74, 6) is -0.938. The number of allylic oxidation sites excluding steroid dienone is 2. The van der Waals surface area contributed by atoms with Gasteiger partial charge in [-0.25, -0.2) is 9.37 Å². The van der Waals surface area contributed by atoms with Crippen LogP contribution in [0.1, 0.15) is 25.0 Å². The number of aromatic nitrogens is 2. The van der Waals surface area contributed by atoms with Crippen molar-refractivity contribution in [1.29, 1.82) is 0 Å². The number of aliphatic carboxylic acids is 1. The fourth-order valence-electron chi connectivity index (χ4n) is 3.63. The van der Waals surface area contributed by atoms with E-state index < -0.39 is 5.97 Å². The van der Waals surface area contributed by atoms with Gasteiger partial charge >= 0.3 is 5.97 Å². The van der Waals surface area contributed by atoms with Crippen molar-refractivity contribution in [3.8, 4) is 16.9 Å². The Bertz CT molecular complexity index is 1050. The van der Waals surface area contributed by atoms with Crippen LogP contribution in [0.3, 0.4) is 0 Å². The van der Waals surface area contributed by atoms with Crippen LogP contribution >= 0.6 is 0 Å². The number of nitrogens with zero attached hydrogens (tertiary/aromatic N) is 1. The van der Waals surface area contributed by atoms with Gasteiger partial charge in [0.25, 0.3) is 0 Å². The van der Waals surface area contributed by atoms with E-state index in [4.69, 9.17) is 9.84 Å². The molecule has 2 aromatic heterocycles. The molecule has 1 atom stereocenters. The summed E-state index contributed by atoms with van der Waals surface area (Å²) < 4.78 is 18.9. The van der Waals surface area contributed by atoms with Gasteiger partial charge in [0.15, 0.2) is 0 Å². The highest BCUT2D eigenvalue weighted by Crippen LogP contribution is 2.37. The molecule has 27 heavy (non-hydrogen) atoms. The molecule has 0 aliphatic heterocycles. The minimum Gasteiger partial charge on any atom is -0.496 e. The molecule has 0 saturated carbocycles. The first kappa shape index (κ1) is 17.3. The van der Waals surface area contributed by atoms with E-state index in [-0.39, 0.29) is 11.7 Å². The van der Waals surface area contributed by atoms with Crippen molar-refractivity contribution in [2.75, 3.05) is 7.11 Å².